The number of rotatable bonds is 3. The number of amides is 3. The molecule has 2 aliphatic rings. The number of halogens is 1. The van der Waals surface area contributed by atoms with Crippen LogP contribution in [0.15, 0.2) is 22.7 Å². The summed E-state index contributed by atoms with van der Waals surface area (Å²) in [5.41, 5.74) is 2.04. The van der Waals surface area contributed by atoms with Crippen molar-refractivity contribution in [3.05, 3.63) is 33.8 Å². The molecular formula is C14H16BrN3O4S. The maximum Gasteiger partial charge on any atom is 0.325 e. The number of fused-ring (bicyclic) bond motifs is 1. The van der Waals surface area contributed by atoms with E-state index in [1.165, 1.54) is 11.2 Å². The van der Waals surface area contributed by atoms with E-state index in [1.54, 1.807) is 0 Å². The van der Waals surface area contributed by atoms with E-state index >= 15 is 0 Å². The van der Waals surface area contributed by atoms with Crippen LogP contribution in [0.1, 0.15) is 18.1 Å². The van der Waals surface area contributed by atoms with Crippen molar-refractivity contribution in [1.29, 1.82) is 0 Å². The Bertz CT molecular complexity index is 780. The van der Waals surface area contributed by atoms with Crippen molar-refractivity contribution in [3.63, 3.8) is 0 Å². The highest BCUT2D eigenvalue weighted by Gasteiger charge is 2.39. The van der Waals surface area contributed by atoms with Crippen molar-refractivity contribution in [2.75, 3.05) is 12.4 Å². The Balaban J connectivity index is 1.78. The quantitative estimate of drug-likeness (QED) is 0.766. The third kappa shape index (κ3) is 3.13. The smallest absolute Gasteiger partial charge is 0.325 e. The van der Waals surface area contributed by atoms with Crippen molar-refractivity contribution in [1.82, 2.24) is 14.5 Å². The fourth-order valence-electron chi connectivity index (χ4n) is 2.76. The molecule has 1 atom stereocenters. The van der Waals surface area contributed by atoms with Crippen LogP contribution >= 0.6 is 15.9 Å². The highest BCUT2D eigenvalue weighted by molar-refractivity contribution is 9.10. The summed E-state index contributed by atoms with van der Waals surface area (Å²) in [6, 6.07) is 4.40. The van der Waals surface area contributed by atoms with Crippen LogP contribution in [0.5, 0.6) is 0 Å². The molecule has 1 saturated heterocycles. The summed E-state index contributed by atoms with van der Waals surface area (Å²) < 4.78 is 27.4. The molecule has 0 saturated carbocycles. The van der Waals surface area contributed by atoms with E-state index in [9.17, 15) is 18.0 Å². The molecule has 1 aromatic rings. The minimum Gasteiger partial charge on any atom is -0.326 e. The zero-order valence-corrected chi connectivity index (χ0v) is 14.9. The summed E-state index contributed by atoms with van der Waals surface area (Å²) in [5.74, 6) is -1.13. The Kier molecular flexibility index (Phi) is 4.19. The summed E-state index contributed by atoms with van der Waals surface area (Å²) in [5, 5.41) is 2.41. The Labute approximate surface area is 142 Å². The van der Waals surface area contributed by atoms with E-state index in [0.717, 1.165) is 20.5 Å². The number of carbonyl (C=O) groups is 2. The Morgan fingerprint density at radius 1 is 1.30 bits per heavy atom. The van der Waals surface area contributed by atoms with Crippen LogP contribution in [0, 0.1) is 0 Å². The lowest BCUT2D eigenvalue weighted by molar-refractivity contribution is -0.126. The van der Waals surface area contributed by atoms with Gasteiger partial charge >= 0.3 is 6.03 Å². The second-order valence-electron chi connectivity index (χ2n) is 5.68. The van der Waals surface area contributed by atoms with Crippen LogP contribution in [0.4, 0.5) is 4.79 Å². The molecule has 23 heavy (non-hydrogen) atoms. The van der Waals surface area contributed by atoms with E-state index in [-0.39, 0.29) is 6.54 Å². The van der Waals surface area contributed by atoms with Gasteiger partial charge in [-0.3, -0.25) is 4.79 Å². The molecule has 1 N–H and O–H groups in total. The lowest BCUT2D eigenvalue weighted by atomic mass is 10.0. The third-order valence-corrected chi connectivity index (χ3v) is 6.23. The van der Waals surface area contributed by atoms with E-state index in [4.69, 9.17) is 0 Å². The highest BCUT2D eigenvalue weighted by atomic mass is 79.9. The zero-order valence-electron chi connectivity index (χ0n) is 12.5. The van der Waals surface area contributed by atoms with Gasteiger partial charge < -0.3 is 5.32 Å². The van der Waals surface area contributed by atoms with E-state index in [1.807, 2.05) is 18.2 Å². The first-order valence-electron chi connectivity index (χ1n) is 7.15. The monoisotopic (exact) mass is 401 g/mol. The molecule has 124 valence electrons. The number of benzene rings is 1. The molecular weight excluding hydrogens is 386 g/mol. The van der Waals surface area contributed by atoms with Crippen LogP contribution in [-0.2, 0) is 27.8 Å². The SMILES string of the molecule is C[C@@H]1NC(=O)N(CS(=O)(=O)N2CCc3cc(Br)ccc3C2)C1=O. The summed E-state index contributed by atoms with van der Waals surface area (Å²) in [4.78, 5) is 24.3. The second-order valence-corrected chi connectivity index (χ2v) is 8.53. The fourth-order valence-corrected chi connectivity index (χ4v) is 4.61. The van der Waals surface area contributed by atoms with Gasteiger partial charge in [0.05, 0.1) is 0 Å². The minimum absolute atomic E-state index is 0.254. The largest absolute Gasteiger partial charge is 0.326 e. The van der Waals surface area contributed by atoms with Gasteiger partial charge in [0.2, 0.25) is 10.0 Å². The molecule has 1 aromatic carbocycles. The summed E-state index contributed by atoms with van der Waals surface area (Å²) >= 11 is 3.40. The van der Waals surface area contributed by atoms with Gasteiger partial charge in [-0.15, -0.1) is 0 Å². The predicted octanol–water partition coefficient (Wildman–Crippen LogP) is 1.03. The van der Waals surface area contributed by atoms with Gasteiger partial charge in [0.1, 0.15) is 11.9 Å². The number of urea groups is 1. The number of hydrogen-bond donors (Lipinski definition) is 1. The molecule has 1 fully saturated rings. The van der Waals surface area contributed by atoms with Crippen LogP contribution in [0.3, 0.4) is 0 Å². The maximum atomic E-state index is 12.6. The zero-order chi connectivity index (χ0) is 16.8. The molecule has 0 bridgehead atoms. The molecule has 3 amide bonds. The fraction of sp³-hybridized carbons (Fsp3) is 0.429. The number of nitrogens with one attached hydrogen (secondary N) is 1. The van der Waals surface area contributed by atoms with Gasteiger partial charge in [0.15, 0.2) is 0 Å². The number of nitrogens with zero attached hydrogens (tertiary/aromatic N) is 2. The van der Waals surface area contributed by atoms with Crippen molar-refractivity contribution in [3.8, 4) is 0 Å². The Morgan fingerprint density at radius 2 is 2.04 bits per heavy atom. The molecule has 0 aromatic heterocycles. The van der Waals surface area contributed by atoms with Crippen LogP contribution in [0.2, 0.25) is 0 Å². The normalized spacial score (nSPS) is 22.2. The lowest BCUT2D eigenvalue weighted by Crippen LogP contribution is -2.44. The van der Waals surface area contributed by atoms with Crippen molar-refractivity contribution >= 4 is 37.9 Å². The summed E-state index contributed by atoms with van der Waals surface area (Å²) in [6.45, 7) is 2.12. The average Bonchev–Trinajstić information content (AvgIpc) is 2.73. The molecule has 0 radical (unpaired) electrons. The van der Waals surface area contributed by atoms with E-state index in [2.05, 4.69) is 21.2 Å². The molecule has 9 heteroatoms. The first-order chi connectivity index (χ1) is 10.8. The van der Waals surface area contributed by atoms with E-state index in [0.29, 0.717) is 13.0 Å². The highest BCUT2D eigenvalue weighted by Crippen LogP contribution is 2.25. The van der Waals surface area contributed by atoms with Crippen molar-refractivity contribution < 1.29 is 18.0 Å². The minimum atomic E-state index is -3.74. The molecule has 0 spiro atoms. The maximum absolute atomic E-state index is 12.6. The van der Waals surface area contributed by atoms with Crippen LogP contribution in [0.25, 0.3) is 0 Å². The topological polar surface area (TPSA) is 86.8 Å². The summed E-state index contributed by atoms with van der Waals surface area (Å²) in [6.07, 6.45) is 0.602. The summed E-state index contributed by atoms with van der Waals surface area (Å²) in [7, 11) is -3.74. The Hall–Kier alpha value is -1.45. The lowest BCUT2D eigenvalue weighted by Gasteiger charge is -2.29. The first-order valence-corrected chi connectivity index (χ1v) is 9.55. The first kappa shape index (κ1) is 16.4. The van der Waals surface area contributed by atoms with Gasteiger partial charge in [-0.1, -0.05) is 22.0 Å². The predicted molar refractivity (Wildman–Crippen MR) is 86.9 cm³/mol. The van der Waals surface area contributed by atoms with Crippen LogP contribution in [-0.4, -0.2) is 48.0 Å². The molecule has 7 nitrogen and oxygen atoms in total. The molecule has 0 aliphatic carbocycles. The van der Waals surface area contributed by atoms with Gasteiger partial charge in [-0.05, 0) is 36.6 Å². The number of imide groups is 1. The number of hydrogen-bond acceptors (Lipinski definition) is 4. The van der Waals surface area contributed by atoms with Gasteiger partial charge in [0.25, 0.3) is 5.91 Å². The van der Waals surface area contributed by atoms with Crippen LogP contribution < -0.4 is 5.32 Å². The van der Waals surface area contributed by atoms with Gasteiger partial charge in [-0.2, -0.15) is 4.31 Å². The molecule has 2 aliphatic heterocycles. The Morgan fingerprint density at radius 3 is 2.70 bits per heavy atom. The standard InChI is InChI=1S/C14H16BrN3O4S/c1-9-13(19)18(14(20)16-9)8-23(21,22)17-5-4-10-6-12(15)3-2-11(10)7-17/h2-3,6,9H,4-5,7-8H2,1H3,(H,16,20)/t9-/m0/s1. The average molecular weight is 402 g/mol. The molecule has 0 unspecified atom stereocenters. The number of sulfonamides is 1. The third-order valence-electron chi connectivity index (χ3n) is 4.05. The second kappa shape index (κ2) is 5.88. The van der Waals surface area contributed by atoms with Gasteiger partial charge in [0, 0.05) is 17.6 Å². The molecule has 2 heterocycles. The van der Waals surface area contributed by atoms with Gasteiger partial charge in [-0.25, -0.2) is 18.1 Å². The molecule has 3 rings (SSSR count). The van der Waals surface area contributed by atoms with Crippen molar-refractivity contribution in [2.45, 2.75) is 25.9 Å². The number of carbonyl (C=O) groups excluding carboxylic acids is 2. The van der Waals surface area contributed by atoms with E-state index < -0.39 is 33.9 Å². The van der Waals surface area contributed by atoms with Crippen molar-refractivity contribution in [2.24, 2.45) is 0 Å².